The zero-order valence-electron chi connectivity index (χ0n) is 22.0. The quantitative estimate of drug-likeness (QED) is 0.352. The van der Waals surface area contributed by atoms with Gasteiger partial charge in [-0.3, -0.25) is 0 Å². The molecule has 0 amide bonds. The van der Waals surface area contributed by atoms with E-state index in [1.807, 2.05) is 5.57 Å². The van der Waals surface area contributed by atoms with Crippen molar-refractivity contribution < 1.29 is 4.74 Å². The second kappa shape index (κ2) is 6.64. The maximum atomic E-state index is 7.15. The molecule has 0 spiro atoms. The predicted octanol–water partition coefficient (Wildman–Crippen LogP) is 8.58. The first kappa shape index (κ1) is 22.5. The molecule has 5 aliphatic rings. The van der Waals surface area contributed by atoms with Gasteiger partial charge in [0.25, 0.3) is 0 Å². The molecule has 1 aliphatic heterocycles. The fraction of sp³-hybridized carbons (Fsp3) is 0.933. The number of ether oxygens (including phenoxy) is 1. The van der Waals surface area contributed by atoms with E-state index < -0.39 is 0 Å². The van der Waals surface area contributed by atoms with Crippen molar-refractivity contribution in [1.29, 1.82) is 0 Å². The van der Waals surface area contributed by atoms with Gasteiger partial charge < -0.3 is 4.74 Å². The highest BCUT2D eigenvalue weighted by atomic mass is 16.5. The van der Waals surface area contributed by atoms with E-state index in [1.54, 1.807) is 0 Å². The Labute approximate surface area is 193 Å². The van der Waals surface area contributed by atoms with Gasteiger partial charge in [0, 0.05) is 12.0 Å². The molecule has 0 aromatic carbocycles. The third kappa shape index (κ3) is 2.96. The zero-order valence-corrected chi connectivity index (χ0v) is 22.0. The van der Waals surface area contributed by atoms with Crippen molar-refractivity contribution in [3.05, 3.63) is 11.6 Å². The lowest BCUT2D eigenvalue weighted by Gasteiger charge is -2.66. The Morgan fingerprint density at radius 1 is 0.806 bits per heavy atom. The first-order valence-electron chi connectivity index (χ1n) is 13.6. The largest absolute Gasteiger partial charge is 0.374 e. The third-order valence-electron chi connectivity index (χ3n) is 12.4. The van der Waals surface area contributed by atoms with Crippen LogP contribution in [0.2, 0.25) is 0 Å². The minimum atomic E-state index is -0.0222. The van der Waals surface area contributed by atoms with Crippen molar-refractivity contribution in [3.8, 4) is 0 Å². The van der Waals surface area contributed by atoms with Crippen LogP contribution in [0.15, 0.2) is 11.6 Å². The van der Waals surface area contributed by atoms with E-state index >= 15 is 0 Å². The van der Waals surface area contributed by atoms with Crippen LogP contribution < -0.4 is 0 Å². The summed E-state index contributed by atoms with van der Waals surface area (Å²) >= 11 is 0. The maximum absolute atomic E-state index is 7.15. The molecule has 1 saturated heterocycles. The Morgan fingerprint density at radius 2 is 1.52 bits per heavy atom. The van der Waals surface area contributed by atoms with Crippen molar-refractivity contribution in [1.82, 2.24) is 0 Å². The Balaban J connectivity index is 1.60. The van der Waals surface area contributed by atoms with Crippen LogP contribution in [-0.4, -0.2) is 12.2 Å². The van der Waals surface area contributed by atoms with E-state index in [0.29, 0.717) is 27.6 Å². The Kier molecular flexibility index (Phi) is 4.82. The topological polar surface area (TPSA) is 9.23 Å². The van der Waals surface area contributed by atoms with Crippen LogP contribution in [0.5, 0.6) is 0 Å². The fourth-order valence-electron chi connectivity index (χ4n) is 10.1. The summed E-state index contributed by atoms with van der Waals surface area (Å²) in [6.45, 7) is 21.6. The third-order valence-corrected chi connectivity index (χ3v) is 12.4. The molecule has 7 atom stereocenters. The molecule has 0 unspecified atom stereocenters. The average molecular weight is 427 g/mol. The van der Waals surface area contributed by atoms with Gasteiger partial charge in [-0.25, -0.2) is 0 Å². The first-order valence-corrected chi connectivity index (χ1v) is 13.6. The van der Waals surface area contributed by atoms with E-state index in [2.05, 4.69) is 61.5 Å². The number of hydrogen-bond acceptors (Lipinski definition) is 1. The summed E-state index contributed by atoms with van der Waals surface area (Å²) in [6, 6.07) is 0. The van der Waals surface area contributed by atoms with E-state index in [0.717, 1.165) is 18.4 Å². The lowest BCUT2D eigenvalue weighted by Crippen LogP contribution is -2.63. The molecule has 0 bridgehead atoms. The molecule has 0 radical (unpaired) electrons. The smallest absolute Gasteiger partial charge is 0.0778 e. The Bertz CT molecular complexity index is 775. The van der Waals surface area contributed by atoms with Crippen LogP contribution >= 0.6 is 0 Å². The molecular formula is C30H50O. The molecule has 0 N–H and O–H groups in total. The molecule has 5 rings (SSSR count). The summed E-state index contributed by atoms with van der Waals surface area (Å²) < 4.78 is 7.15. The summed E-state index contributed by atoms with van der Waals surface area (Å²) in [5, 5.41) is 0. The molecule has 0 aromatic rings. The van der Waals surface area contributed by atoms with Crippen LogP contribution in [0.4, 0.5) is 0 Å². The number of hydrogen-bond donors (Lipinski definition) is 0. The minimum Gasteiger partial charge on any atom is -0.374 e. The van der Waals surface area contributed by atoms with Crippen molar-refractivity contribution >= 4 is 0 Å². The fourth-order valence-corrected chi connectivity index (χ4v) is 10.1. The number of rotatable bonds is 0. The predicted molar refractivity (Wildman–Crippen MR) is 131 cm³/mol. The summed E-state index contributed by atoms with van der Waals surface area (Å²) in [6.07, 6.45) is 16.4. The van der Waals surface area contributed by atoms with E-state index in [1.165, 1.54) is 64.2 Å². The SMILES string of the molecule is CC1(C)CC[C@@]2(C)CC[C@]3(C)C4=CC[C@H]5C(C)(C)CCC[C@]5(C)[C@H]4CCO[C@@]3(C)[C@@H]2C1. The van der Waals surface area contributed by atoms with Crippen molar-refractivity contribution in [2.45, 2.75) is 125 Å². The normalized spacial score (nSPS) is 53.2. The summed E-state index contributed by atoms with van der Waals surface area (Å²) in [5.74, 6) is 2.23. The van der Waals surface area contributed by atoms with Gasteiger partial charge in [0.15, 0.2) is 0 Å². The Morgan fingerprint density at radius 3 is 2.26 bits per heavy atom. The van der Waals surface area contributed by atoms with Gasteiger partial charge >= 0.3 is 0 Å². The van der Waals surface area contributed by atoms with Crippen LogP contribution in [0, 0.1) is 44.8 Å². The number of fused-ring (bicyclic) bond motifs is 7. The molecule has 3 saturated carbocycles. The van der Waals surface area contributed by atoms with Crippen molar-refractivity contribution in [2.24, 2.45) is 44.8 Å². The molecule has 31 heavy (non-hydrogen) atoms. The second-order valence-electron chi connectivity index (χ2n) is 15.0. The van der Waals surface area contributed by atoms with Gasteiger partial charge in [0.1, 0.15) is 0 Å². The lowest BCUT2D eigenvalue weighted by atomic mass is 9.40. The molecule has 1 heteroatoms. The standard InChI is InChI=1S/C30H50O/c1-25(2)15-16-27(5)17-18-29(7)22-10-11-23-26(3,4)13-9-14-28(23,6)21(22)12-19-31-30(29,8)24(27)20-25/h10,21,23-24H,9,11-20H2,1-8H3/t21-,23-,24+,27-,28+,29+,30-/m0/s1. The van der Waals surface area contributed by atoms with E-state index in [9.17, 15) is 0 Å². The van der Waals surface area contributed by atoms with Gasteiger partial charge in [-0.05, 0) is 104 Å². The lowest BCUT2D eigenvalue weighted by molar-refractivity contribution is -0.215. The zero-order chi connectivity index (χ0) is 22.5. The molecule has 1 heterocycles. The van der Waals surface area contributed by atoms with Crippen LogP contribution in [0.1, 0.15) is 120 Å². The average Bonchev–Trinajstić information content (AvgIpc) is 2.78. The van der Waals surface area contributed by atoms with E-state index in [4.69, 9.17) is 4.74 Å². The maximum Gasteiger partial charge on any atom is 0.0778 e. The van der Waals surface area contributed by atoms with Gasteiger partial charge in [-0.2, -0.15) is 0 Å². The van der Waals surface area contributed by atoms with Crippen LogP contribution in [-0.2, 0) is 4.74 Å². The van der Waals surface area contributed by atoms with Crippen molar-refractivity contribution in [2.75, 3.05) is 6.61 Å². The van der Waals surface area contributed by atoms with Crippen LogP contribution in [0.3, 0.4) is 0 Å². The molecule has 4 aliphatic carbocycles. The van der Waals surface area contributed by atoms with E-state index in [-0.39, 0.29) is 11.0 Å². The first-order chi connectivity index (χ1) is 14.3. The monoisotopic (exact) mass is 426 g/mol. The molecule has 0 aromatic heterocycles. The highest BCUT2D eigenvalue weighted by Gasteiger charge is 2.66. The minimum absolute atomic E-state index is 0.0222. The van der Waals surface area contributed by atoms with Crippen LogP contribution in [0.25, 0.3) is 0 Å². The van der Waals surface area contributed by atoms with Gasteiger partial charge in [-0.15, -0.1) is 0 Å². The highest BCUT2D eigenvalue weighted by Crippen LogP contribution is 2.71. The van der Waals surface area contributed by atoms with Gasteiger partial charge in [-0.1, -0.05) is 66.5 Å². The second-order valence-corrected chi connectivity index (χ2v) is 15.0. The highest BCUT2D eigenvalue weighted by molar-refractivity contribution is 5.32. The van der Waals surface area contributed by atoms with Gasteiger partial charge in [0.2, 0.25) is 0 Å². The summed E-state index contributed by atoms with van der Waals surface area (Å²) in [5.41, 5.74) is 3.84. The number of allylic oxidation sites excluding steroid dienone is 1. The summed E-state index contributed by atoms with van der Waals surface area (Å²) in [7, 11) is 0. The molecule has 4 fully saturated rings. The molecule has 1 nitrogen and oxygen atoms in total. The molecular weight excluding hydrogens is 376 g/mol. The van der Waals surface area contributed by atoms with Gasteiger partial charge in [0.05, 0.1) is 5.60 Å². The van der Waals surface area contributed by atoms with Crippen molar-refractivity contribution in [3.63, 3.8) is 0 Å². The molecule has 176 valence electrons. The summed E-state index contributed by atoms with van der Waals surface area (Å²) in [4.78, 5) is 0. The Hall–Kier alpha value is -0.300.